The summed E-state index contributed by atoms with van der Waals surface area (Å²) in [7, 11) is 0. The van der Waals surface area contributed by atoms with Crippen molar-refractivity contribution in [2.45, 2.75) is 6.92 Å². The molecule has 0 aliphatic rings. The van der Waals surface area contributed by atoms with Gasteiger partial charge in [0.1, 0.15) is 5.15 Å². The Bertz CT molecular complexity index is 448. The fraction of sp³-hybridized carbons (Fsp3) is 0.100. The minimum absolute atomic E-state index is 0.642. The van der Waals surface area contributed by atoms with E-state index in [0.29, 0.717) is 5.15 Å². The van der Waals surface area contributed by atoms with Crippen molar-refractivity contribution in [2.75, 3.05) is 0 Å². The first kappa shape index (κ1) is 9.98. The predicted octanol–water partition coefficient (Wildman–Crippen LogP) is 3.44. The van der Waals surface area contributed by atoms with Crippen LogP contribution in [0.25, 0.3) is 5.69 Å². The molecule has 2 nitrogen and oxygen atoms in total. The van der Waals surface area contributed by atoms with Crippen LogP contribution in [-0.4, -0.2) is 9.78 Å². The molecular formula is C10H8ClIN2. The molecule has 14 heavy (non-hydrogen) atoms. The van der Waals surface area contributed by atoms with Crippen LogP contribution in [0.4, 0.5) is 0 Å². The Balaban J connectivity index is 2.49. The molecule has 4 heteroatoms. The van der Waals surface area contributed by atoms with Crippen molar-refractivity contribution >= 4 is 34.2 Å². The summed E-state index contributed by atoms with van der Waals surface area (Å²) in [6, 6.07) is 9.91. The highest BCUT2D eigenvalue weighted by Gasteiger charge is 2.04. The summed E-state index contributed by atoms with van der Waals surface area (Å²) < 4.78 is 2.93. The van der Waals surface area contributed by atoms with Crippen LogP contribution in [0.2, 0.25) is 5.15 Å². The summed E-state index contributed by atoms with van der Waals surface area (Å²) in [5, 5.41) is 4.93. The molecule has 1 aromatic carbocycles. The number of hydrogen-bond acceptors (Lipinski definition) is 1. The Labute approximate surface area is 101 Å². The molecule has 0 amide bonds. The molecule has 72 valence electrons. The average molecular weight is 319 g/mol. The van der Waals surface area contributed by atoms with Gasteiger partial charge in [-0.25, -0.2) is 4.68 Å². The third-order valence-corrected chi connectivity index (χ3v) is 2.85. The largest absolute Gasteiger partial charge is 0.222 e. The van der Waals surface area contributed by atoms with E-state index >= 15 is 0 Å². The van der Waals surface area contributed by atoms with E-state index in [2.05, 4.69) is 27.7 Å². The molecule has 0 aliphatic carbocycles. The molecule has 0 radical (unpaired) electrons. The van der Waals surface area contributed by atoms with Gasteiger partial charge in [0.2, 0.25) is 0 Å². The molecule has 0 unspecified atom stereocenters. The zero-order chi connectivity index (χ0) is 10.1. The van der Waals surface area contributed by atoms with E-state index in [-0.39, 0.29) is 0 Å². The number of aromatic nitrogens is 2. The van der Waals surface area contributed by atoms with Gasteiger partial charge in [-0.3, -0.25) is 0 Å². The molecule has 0 bridgehead atoms. The van der Waals surface area contributed by atoms with Crippen LogP contribution < -0.4 is 0 Å². The SMILES string of the molecule is Cc1cc(Cl)n(-c2ccc(I)cc2)n1. The van der Waals surface area contributed by atoms with E-state index < -0.39 is 0 Å². The molecule has 1 heterocycles. The highest BCUT2D eigenvalue weighted by atomic mass is 127. The molecule has 0 N–H and O–H groups in total. The van der Waals surface area contributed by atoms with Crippen LogP contribution in [0, 0.1) is 10.5 Å². The first-order chi connectivity index (χ1) is 6.66. The van der Waals surface area contributed by atoms with Crippen LogP contribution >= 0.6 is 34.2 Å². The number of aryl methyl sites for hydroxylation is 1. The van der Waals surface area contributed by atoms with E-state index in [0.717, 1.165) is 11.4 Å². The third kappa shape index (κ3) is 1.93. The molecule has 2 aromatic rings. The van der Waals surface area contributed by atoms with Gasteiger partial charge in [0.05, 0.1) is 11.4 Å². The quantitative estimate of drug-likeness (QED) is 0.737. The third-order valence-electron chi connectivity index (χ3n) is 1.86. The Morgan fingerprint density at radius 2 is 1.93 bits per heavy atom. The van der Waals surface area contributed by atoms with Crippen molar-refractivity contribution in [3.05, 3.63) is 44.7 Å². The van der Waals surface area contributed by atoms with E-state index in [4.69, 9.17) is 11.6 Å². The average Bonchev–Trinajstić information content (AvgIpc) is 2.47. The Kier molecular flexibility index (Phi) is 2.78. The van der Waals surface area contributed by atoms with Crippen LogP contribution in [0.3, 0.4) is 0 Å². The van der Waals surface area contributed by atoms with Crippen molar-refractivity contribution in [2.24, 2.45) is 0 Å². The standard InChI is InChI=1S/C10H8ClIN2/c1-7-6-10(11)14(13-7)9-4-2-8(12)3-5-9/h2-6H,1H3. The first-order valence-corrected chi connectivity index (χ1v) is 5.60. The highest BCUT2D eigenvalue weighted by molar-refractivity contribution is 14.1. The van der Waals surface area contributed by atoms with Gasteiger partial charge in [0.25, 0.3) is 0 Å². The predicted molar refractivity (Wildman–Crippen MR) is 66.0 cm³/mol. The maximum Gasteiger partial charge on any atom is 0.133 e. The van der Waals surface area contributed by atoms with Gasteiger partial charge in [-0.15, -0.1) is 0 Å². The topological polar surface area (TPSA) is 17.8 Å². The van der Waals surface area contributed by atoms with Crippen LogP contribution in [0.1, 0.15) is 5.69 Å². The first-order valence-electron chi connectivity index (χ1n) is 4.15. The number of halogens is 2. The lowest BCUT2D eigenvalue weighted by atomic mass is 10.3. The lowest BCUT2D eigenvalue weighted by Gasteiger charge is -2.02. The zero-order valence-electron chi connectivity index (χ0n) is 7.54. The maximum atomic E-state index is 6.02. The van der Waals surface area contributed by atoms with Gasteiger partial charge in [-0.05, 0) is 59.8 Å². The van der Waals surface area contributed by atoms with Gasteiger partial charge < -0.3 is 0 Å². The van der Waals surface area contributed by atoms with Gasteiger partial charge in [-0.2, -0.15) is 5.10 Å². The smallest absolute Gasteiger partial charge is 0.133 e. The van der Waals surface area contributed by atoms with Crippen LogP contribution in [0.5, 0.6) is 0 Å². The molecule has 2 rings (SSSR count). The molecule has 0 atom stereocenters. The fourth-order valence-electron chi connectivity index (χ4n) is 1.23. The molecule has 0 saturated carbocycles. The van der Waals surface area contributed by atoms with Crippen molar-refractivity contribution in [3.8, 4) is 5.69 Å². The van der Waals surface area contributed by atoms with E-state index in [1.165, 1.54) is 3.57 Å². The van der Waals surface area contributed by atoms with Crippen LogP contribution in [-0.2, 0) is 0 Å². The zero-order valence-corrected chi connectivity index (χ0v) is 10.5. The molecular weight excluding hydrogens is 310 g/mol. The Hall–Kier alpha value is -0.550. The molecule has 0 fully saturated rings. The molecule has 1 aromatic heterocycles. The Morgan fingerprint density at radius 1 is 1.29 bits per heavy atom. The number of nitrogens with zero attached hydrogens (tertiary/aromatic N) is 2. The normalized spacial score (nSPS) is 10.5. The number of hydrogen-bond donors (Lipinski definition) is 0. The second-order valence-electron chi connectivity index (χ2n) is 3.00. The second-order valence-corrected chi connectivity index (χ2v) is 4.63. The van der Waals surface area contributed by atoms with Crippen molar-refractivity contribution in [1.82, 2.24) is 9.78 Å². The van der Waals surface area contributed by atoms with Crippen molar-refractivity contribution < 1.29 is 0 Å². The van der Waals surface area contributed by atoms with Crippen molar-refractivity contribution in [3.63, 3.8) is 0 Å². The summed E-state index contributed by atoms with van der Waals surface area (Å²) in [6.07, 6.45) is 0. The summed E-state index contributed by atoms with van der Waals surface area (Å²) in [5.74, 6) is 0. The maximum absolute atomic E-state index is 6.02. The van der Waals surface area contributed by atoms with E-state index in [1.807, 2.05) is 37.3 Å². The van der Waals surface area contributed by atoms with Crippen LogP contribution in [0.15, 0.2) is 30.3 Å². The minimum atomic E-state index is 0.642. The summed E-state index contributed by atoms with van der Waals surface area (Å²) in [4.78, 5) is 0. The van der Waals surface area contributed by atoms with E-state index in [9.17, 15) is 0 Å². The van der Waals surface area contributed by atoms with E-state index in [1.54, 1.807) is 4.68 Å². The highest BCUT2D eigenvalue weighted by Crippen LogP contribution is 2.17. The molecule has 0 saturated heterocycles. The molecule has 0 spiro atoms. The molecule has 0 aliphatic heterocycles. The van der Waals surface area contributed by atoms with Gasteiger partial charge in [0, 0.05) is 3.57 Å². The lowest BCUT2D eigenvalue weighted by Crippen LogP contribution is -1.96. The van der Waals surface area contributed by atoms with Crippen molar-refractivity contribution in [1.29, 1.82) is 0 Å². The minimum Gasteiger partial charge on any atom is -0.222 e. The fourth-order valence-corrected chi connectivity index (χ4v) is 1.88. The van der Waals surface area contributed by atoms with Gasteiger partial charge in [0.15, 0.2) is 0 Å². The Morgan fingerprint density at radius 3 is 2.43 bits per heavy atom. The number of rotatable bonds is 1. The monoisotopic (exact) mass is 318 g/mol. The summed E-state index contributed by atoms with van der Waals surface area (Å²) in [5.41, 5.74) is 1.91. The van der Waals surface area contributed by atoms with Gasteiger partial charge >= 0.3 is 0 Å². The summed E-state index contributed by atoms with van der Waals surface area (Å²) >= 11 is 8.29. The number of benzene rings is 1. The van der Waals surface area contributed by atoms with Gasteiger partial charge in [-0.1, -0.05) is 11.6 Å². The second kappa shape index (κ2) is 3.90. The lowest BCUT2D eigenvalue weighted by molar-refractivity contribution is 0.863. The summed E-state index contributed by atoms with van der Waals surface area (Å²) in [6.45, 7) is 1.93.